The van der Waals surface area contributed by atoms with Gasteiger partial charge in [0, 0.05) is 11.1 Å². The summed E-state index contributed by atoms with van der Waals surface area (Å²) in [6.45, 7) is 6.56. The van der Waals surface area contributed by atoms with E-state index in [1.54, 1.807) is 18.0 Å². The molecule has 1 atom stereocenters. The first-order valence-corrected chi connectivity index (χ1v) is 7.99. The van der Waals surface area contributed by atoms with E-state index in [0.717, 1.165) is 35.5 Å². The Bertz CT molecular complexity index is 521. The van der Waals surface area contributed by atoms with Crippen LogP contribution < -0.4 is 0 Å². The Morgan fingerprint density at radius 1 is 1.47 bits per heavy atom. The van der Waals surface area contributed by atoms with Crippen LogP contribution in [0.4, 0.5) is 0 Å². The predicted molar refractivity (Wildman–Crippen MR) is 80.6 cm³/mol. The van der Waals surface area contributed by atoms with Gasteiger partial charge in [-0.3, -0.25) is 0 Å². The van der Waals surface area contributed by atoms with Crippen molar-refractivity contribution in [2.45, 2.75) is 50.3 Å². The molecule has 1 aromatic heterocycles. The lowest BCUT2D eigenvalue weighted by atomic mass is 9.78. The van der Waals surface area contributed by atoms with Crippen molar-refractivity contribution in [3.8, 4) is 6.07 Å². The molecule has 2 rings (SSSR count). The summed E-state index contributed by atoms with van der Waals surface area (Å²) in [6.07, 6.45) is 4.68. The fourth-order valence-corrected chi connectivity index (χ4v) is 3.86. The van der Waals surface area contributed by atoms with Crippen LogP contribution in [-0.4, -0.2) is 10.7 Å². The maximum absolute atomic E-state index is 9.67. The zero-order chi connectivity index (χ0) is 14.1. The maximum atomic E-state index is 9.67. The van der Waals surface area contributed by atoms with Crippen LogP contribution in [0.3, 0.4) is 0 Å². The number of aromatic nitrogens is 1. The molecule has 1 aliphatic rings. The maximum Gasteiger partial charge on any atom is 0.142 e. The van der Waals surface area contributed by atoms with Gasteiger partial charge < -0.3 is 0 Å². The van der Waals surface area contributed by atoms with Crippen LogP contribution in [-0.2, 0) is 5.41 Å². The van der Waals surface area contributed by atoms with Crippen LogP contribution in [0.15, 0.2) is 17.2 Å². The van der Waals surface area contributed by atoms with Crippen molar-refractivity contribution in [3.05, 3.63) is 23.0 Å². The summed E-state index contributed by atoms with van der Waals surface area (Å²) in [5.41, 5.74) is 0.873. The Hall–Kier alpha value is -0.720. The molecule has 102 valence electrons. The fraction of sp³-hybridized carbons (Fsp3) is 0.600. The number of thioether (sulfide) groups is 1. The second kappa shape index (κ2) is 5.34. The summed E-state index contributed by atoms with van der Waals surface area (Å²) in [5, 5.41) is 10.2. The fourth-order valence-electron chi connectivity index (χ4n) is 2.90. The number of nitriles is 1. The standard InChI is InChI=1S/C15H19ClN2S/c1-4-19-12-7-11(8-18-13(12)16)15(10-17)6-5-14(2,3)9-15/h7-8H,4-6,9H2,1-3H3. The smallest absolute Gasteiger partial charge is 0.142 e. The van der Waals surface area contributed by atoms with Gasteiger partial charge in [-0.2, -0.15) is 5.26 Å². The van der Waals surface area contributed by atoms with Gasteiger partial charge in [-0.25, -0.2) is 4.98 Å². The Morgan fingerprint density at radius 2 is 2.21 bits per heavy atom. The molecule has 1 unspecified atom stereocenters. The minimum Gasteiger partial charge on any atom is -0.243 e. The number of hydrogen-bond acceptors (Lipinski definition) is 3. The Balaban J connectivity index is 2.40. The first-order chi connectivity index (χ1) is 8.92. The van der Waals surface area contributed by atoms with Gasteiger partial charge in [0.1, 0.15) is 5.15 Å². The number of hydrogen-bond donors (Lipinski definition) is 0. The van der Waals surface area contributed by atoms with Crippen molar-refractivity contribution < 1.29 is 0 Å². The molecule has 2 nitrogen and oxygen atoms in total. The summed E-state index contributed by atoms with van der Waals surface area (Å²) in [5.74, 6) is 0.954. The van der Waals surface area contributed by atoms with E-state index in [9.17, 15) is 5.26 Å². The molecule has 1 aromatic rings. The van der Waals surface area contributed by atoms with Gasteiger partial charge in [-0.1, -0.05) is 32.4 Å². The molecule has 0 saturated heterocycles. The SMILES string of the molecule is CCSc1cc(C2(C#N)CCC(C)(C)C2)cnc1Cl. The van der Waals surface area contributed by atoms with Gasteiger partial charge in [0.2, 0.25) is 0 Å². The van der Waals surface area contributed by atoms with Crippen molar-refractivity contribution in [1.29, 1.82) is 5.26 Å². The minimum atomic E-state index is -0.385. The predicted octanol–water partition coefficient (Wildman–Crippen LogP) is 4.82. The average Bonchev–Trinajstić information content (AvgIpc) is 2.69. The van der Waals surface area contributed by atoms with Gasteiger partial charge >= 0.3 is 0 Å². The van der Waals surface area contributed by atoms with E-state index < -0.39 is 0 Å². The normalized spacial score (nSPS) is 25.2. The second-order valence-electron chi connectivity index (χ2n) is 5.98. The number of nitrogens with zero attached hydrogens (tertiary/aromatic N) is 2. The van der Waals surface area contributed by atoms with E-state index in [1.165, 1.54) is 0 Å². The number of halogens is 1. The van der Waals surface area contributed by atoms with Crippen LogP contribution in [0.5, 0.6) is 0 Å². The van der Waals surface area contributed by atoms with E-state index in [0.29, 0.717) is 5.15 Å². The lowest BCUT2D eigenvalue weighted by Crippen LogP contribution is -2.22. The van der Waals surface area contributed by atoms with Crippen molar-refractivity contribution in [1.82, 2.24) is 4.98 Å². The van der Waals surface area contributed by atoms with E-state index in [2.05, 4.69) is 37.9 Å². The van der Waals surface area contributed by atoms with Crippen molar-refractivity contribution in [3.63, 3.8) is 0 Å². The molecule has 1 heterocycles. The molecule has 1 saturated carbocycles. The minimum absolute atomic E-state index is 0.230. The molecule has 0 aromatic carbocycles. The molecule has 0 radical (unpaired) electrons. The summed E-state index contributed by atoms with van der Waals surface area (Å²) in [4.78, 5) is 5.26. The van der Waals surface area contributed by atoms with Gasteiger partial charge in [-0.05, 0) is 42.1 Å². The lowest BCUT2D eigenvalue weighted by Gasteiger charge is -2.24. The van der Waals surface area contributed by atoms with Crippen LogP contribution in [0.1, 0.15) is 45.6 Å². The van der Waals surface area contributed by atoms with Crippen LogP contribution in [0.2, 0.25) is 5.15 Å². The van der Waals surface area contributed by atoms with Crippen LogP contribution >= 0.6 is 23.4 Å². The molecule has 1 fully saturated rings. The van der Waals surface area contributed by atoms with Gasteiger partial charge in [-0.15, -0.1) is 11.8 Å². The van der Waals surface area contributed by atoms with E-state index in [-0.39, 0.29) is 10.8 Å². The zero-order valence-electron chi connectivity index (χ0n) is 11.7. The molecule has 4 heteroatoms. The number of pyridine rings is 1. The molecule has 1 aliphatic carbocycles. The third-order valence-electron chi connectivity index (χ3n) is 3.88. The summed E-state index contributed by atoms with van der Waals surface area (Å²) in [6, 6.07) is 4.61. The van der Waals surface area contributed by atoms with Crippen LogP contribution in [0, 0.1) is 16.7 Å². The molecule has 0 aliphatic heterocycles. The van der Waals surface area contributed by atoms with E-state index in [1.807, 2.05) is 0 Å². The molecular weight excluding hydrogens is 276 g/mol. The van der Waals surface area contributed by atoms with Crippen molar-refractivity contribution in [2.75, 3.05) is 5.75 Å². The summed E-state index contributed by atoms with van der Waals surface area (Å²) >= 11 is 7.79. The highest BCUT2D eigenvalue weighted by Gasteiger charge is 2.45. The first kappa shape index (κ1) is 14.7. The third-order valence-corrected chi connectivity index (χ3v) is 5.21. The third kappa shape index (κ3) is 2.90. The molecule has 0 spiro atoms. The highest BCUT2D eigenvalue weighted by Crippen LogP contribution is 2.50. The largest absolute Gasteiger partial charge is 0.243 e. The topological polar surface area (TPSA) is 36.7 Å². The van der Waals surface area contributed by atoms with Crippen LogP contribution in [0.25, 0.3) is 0 Å². The summed E-state index contributed by atoms with van der Waals surface area (Å²) < 4.78 is 0. The van der Waals surface area contributed by atoms with Crippen molar-refractivity contribution in [2.24, 2.45) is 5.41 Å². The van der Waals surface area contributed by atoms with Crippen molar-refractivity contribution >= 4 is 23.4 Å². The molecule has 19 heavy (non-hydrogen) atoms. The Kier molecular flexibility index (Phi) is 4.13. The first-order valence-electron chi connectivity index (χ1n) is 6.62. The Labute approximate surface area is 124 Å². The molecular formula is C15H19ClN2S. The van der Waals surface area contributed by atoms with Gasteiger partial charge in [0.05, 0.1) is 11.5 Å². The average molecular weight is 295 g/mol. The molecule has 0 bridgehead atoms. The molecule has 0 N–H and O–H groups in total. The second-order valence-corrected chi connectivity index (χ2v) is 7.64. The highest BCUT2D eigenvalue weighted by atomic mass is 35.5. The highest BCUT2D eigenvalue weighted by molar-refractivity contribution is 7.99. The van der Waals surface area contributed by atoms with E-state index >= 15 is 0 Å². The lowest BCUT2D eigenvalue weighted by molar-refractivity contribution is 0.362. The Morgan fingerprint density at radius 3 is 2.74 bits per heavy atom. The summed E-state index contributed by atoms with van der Waals surface area (Å²) in [7, 11) is 0. The monoisotopic (exact) mass is 294 g/mol. The zero-order valence-corrected chi connectivity index (χ0v) is 13.2. The quantitative estimate of drug-likeness (QED) is 0.592. The molecule has 0 amide bonds. The van der Waals surface area contributed by atoms with E-state index in [4.69, 9.17) is 11.6 Å². The number of rotatable bonds is 3. The van der Waals surface area contributed by atoms with Gasteiger partial charge in [0.15, 0.2) is 0 Å². The van der Waals surface area contributed by atoms with Gasteiger partial charge in [0.25, 0.3) is 0 Å².